The Morgan fingerprint density at radius 2 is 2.29 bits per heavy atom. The summed E-state index contributed by atoms with van der Waals surface area (Å²) in [4.78, 5) is 4.28. The van der Waals surface area contributed by atoms with Crippen molar-refractivity contribution in [2.24, 2.45) is 0 Å². The Balaban J connectivity index is 1.91. The number of ether oxygens (including phenoxy) is 1. The largest absolute Gasteiger partial charge is 0.504 e. The number of aromatic nitrogens is 2. The summed E-state index contributed by atoms with van der Waals surface area (Å²) >= 11 is 0. The molecule has 1 saturated heterocycles. The molecule has 0 bridgehead atoms. The molecule has 1 unspecified atom stereocenters. The molecule has 1 aromatic heterocycles. The van der Waals surface area contributed by atoms with Crippen molar-refractivity contribution in [1.82, 2.24) is 15.5 Å². The third kappa shape index (κ3) is 2.57. The zero-order valence-corrected chi connectivity index (χ0v) is 11.7. The summed E-state index contributed by atoms with van der Waals surface area (Å²) in [6.07, 6.45) is 1.43. The van der Waals surface area contributed by atoms with Crippen molar-refractivity contribution in [3.05, 3.63) is 24.1 Å². The van der Waals surface area contributed by atoms with Crippen molar-refractivity contribution in [3.8, 4) is 22.9 Å². The molecular formula is C14H17N3O4. The second kappa shape index (κ2) is 5.34. The van der Waals surface area contributed by atoms with Gasteiger partial charge in [0.05, 0.1) is 7.11 Å². The summed E-state index contributed by atoms with van der Waals surface area (Å²) in [7, 11) is 1.47. The van der Waals surface area contributed by atoms with Crippen molar-refractivity contribution in [1.29, 1.82) is 0 Å². The Kier molecular flexibility index (Phi) is 3.52. The first-order chi connectivity index (χ1) is 10.1. The van der Waals surface area contributed by atoms with Crippen LogP contribution in [0.2, 0.25) is 0 Å². The Bertz CT molecular complexity index is 635. The van der Waals surface area contributed by atoms with E-state index in [2.05, 4.69) is 15.5 Å². The van der Waals surface area contributed by atoms with Crippen LogP contribution in [0, 0.1) is 0 Å². The van der Waals surface area contributed by atoms with E-state index >= 15 is 0 Å². The number of aliphatic hydroxyl groups is 1. The molecule has 0 amide bonds. The minimum atomic E-state index is -1.12. The maximum Gasteiger partial charge on any atom is 0.260 e. The quantitative estimate of drug-likeness (QED) is 0.776. The fourth-order valence-corrected chi connectivity index (χ4v) is 2.42. The highest BCUT2D eigenvalue weighted by atomic mass is 16.5. The van der Waals surface area contributed by atoms with Crippen LogP contribution >= 0.6 is 0 Å². The second-order valence-corrected chi connectivity index (χ2v) is 5.12. The molecule has 0 aliphatic carbocycles. The molecule has 0 spiro atoms. The van der Waals surface area contributed by atoms with Gasteiger partial charge in [-0.15, -0.1) is 0 Å². The van der Waals surface area contributed by atoms with Crippen LogP contribution < -0.4 is 10.1 Å². The van der Waals surface area contributed by atoms with Gasteiger partial charge in [0, 0.05) is 12.1 Å². The lowest BCUT2D eigenvalue weighted by molar-refractivity contribution is -0.0167. The molecule has 2 heterocycles. The normalized spacial score (nSPS) is 22.2. The monoisotopic (exact) mass is 291 g/mol. The Morgan fingerprint density at radius 1 is 1.43 bits per heavy atom. The Hall–Kier alpha value is -2.12. The molecule has 0 radical (unpaired) electrons. The molecule has 1 aliphatic rings. The predicted octanol–water partition coefficient (Wildman–Crippen LogP) is 1.02. The minimum absolute atomic E-state index is 0.0417. The fraction of sp³-hybridized carbons (Fsp3) is 0.429. The van der Waals surface area contributed by atoms with Crippen molar-refractivity contribution >= 4 is 0 Å². The van der Waals surface area contributed by atoms with Gasteiger partial charge in [0.2, 0.25) is 5.82 Å². The van der Waals surface area contributed by atoms with E-state index in [1.54, 1.807) is 12.1 Å². The highest BCUT2D eigenvalue weighted by Gasteiger charge is 2.37. The van der Waals surface area contributed by atoms with Crippen molar-refractivity contribution in [2.45, 2.75) is 18.4 Å². The first kappa shape index (κ1) is 13.8. The third-order valence-electron chi connectivity index (χ3n) is 3.62. The van der Waals surface area contributed by atoms with Crippen molar-refractivity contribution in [3.63, 3.8) is 0 Å². The van der Waals surface area contributed by atoms with E-state index in [9.17, 15) is 10.2 Å². The maximum absolute atomic E-state index is 10.5. The number of hydrogen-bond donors (Lipinski definition) is 3. The summed E-state index contributed by atoms with van der Waals surface area (Å²) in [6.45, 7) is 1.27. The number of piperidine rings is 1. The van der Waals surface area contributed by atoms with Crippen LogP contribution in [-0.2, 0) is 5.60 Å². The number of phenols is 1. The number of β-amino-alcohol motifs (C(OH)–C–C–N with tert-alkyl or cyclic N) is 1. The van der Waals surface area contributed by atoms with Gasteiger partial charge in [-0.05, 0) is 37.6 Å². The summed E-state index contributed by atoms with van der Waals surface area (Å²) in [5.41, 5.74) is -0.475. The van der Waals surface area contributed by atoms with Gasteiger partial charge >= 0.3 is 0 Å². The van der Waals surface area contributed by atoms with Gasteiger partial charge < -0.3 is 24.8 Å². The van der Waals surface area contributed by atoms with Gasteiger partial charge in [-0.25, -0.2) is 0 Å². The number of nitrogens with zero attached hydrogens (tertiary/aromatic N) is 2. The van der Waals surface area contributed by atoms with E-state index in [-0.39, 0.29) is 11.6 Å². The summed E-state index contributed by atoms with van der Waals surface area (Å²) in [5, 5.41) is 27.1. The average molecular weight is 291 g/mol. The molecule has 112 valence electrons. The lowest BCUT2D eigenvalue weighted by Gasteiger charge is -2.28. The van der Waals surface area contributed by atoms with E-state index < -0.39 is 5.60 Å². The Morgan fingerprint density at radius 3 is 3.00 bits per heavy atom. The molecule has 7 heteroatoms. The van der Waals surface area contributed by atoms with Crippen LogP contribution in [0.4, 0.5) is 0 Å². The van der Waals surface area contributed by atoms with Crippen molar-refractivity contribution in [2.75, 3.05) is 20.2 Å². The fourth-order valence-electron chi connectivity index (χ4n) is 2.42. The van der Waals surface area contributed by atoms with Crippen molar-refractivity contribution < 1.29 is 19.5 Å². The average Bonchev–Trinajstić information content (AvgIpc) is 2.99. The zero-order valence-electron chi connectivity index (χ0n) is 11.7. The molecule has 1 aromatic carbocycles. The van der Waals surface area contributed by atoms with E-state index in [4.69, 9.17) is 9.26 Å². The SMILES string of the molecule is COc1cc(-c2noc(C3(O)CCCNC3)n2)ccc1O. The highest BCUT2D eigenvalue weighted by Crippen LogP contribution is 2.32. The van der Waals surface area contributed by atoms with Crippen LogP contribution in [0.3, 0.4) is 0 Å². The van der Waals surface area contributed by atoms with E-state index in [1.807, 2.05) is 0 Å². The van der Waals surface area contributed by atoms with Gasteiger partial charge in [0.25, 0.3) is 5.89 Å². The molecule has 1 atom stereocenters. The standard InChI is InChI=1S/C14H17N3O4/c1-20-11-7-9(3-4-10(11)18)12-16-13(21-17-12)14(19)5-2-6-15-8-14/h3-4,7,15,18-19H,2,5-6,8H2,1H3. The second-order valence-electron chi connectivity index (χ2n) is 5.12. The third-order valence-corrected chi connectivity index (χ3v) is 3.62. The minimum Gasteiger partial charge on any atom is -0.504 e. The lowest BCUT2D eigenvalue weighted by Crippen LogP contribution is -2.43. The summed E-state index contributed by atoms with van der Waals surface area (Å²) in [6, 6.07) is 4.78. The molecule has 3 rings (SSSR count). The summed E-state index contributed by atoms with van der Waals surface area (Å²) in [5.74, 6) is 0.927. The first-order valence-electron chi connectivity index (χ1n) is 6.77. The van der Waals surface area contributed by atoms with Crippen LogP contribution in [0.5, 0.6) is 11.5 Å². The van der Waals surface area contributed by atoms with Crippen LogP contribution in [-0.4, -0.2) is 40.6 Å². The highest BCUT2D eigenvalue weighted by molar-refractivity contribution is 5.60. The molecule has 3 N–H and O–H groups in total. The smallest absolute Gasteiger partial charge is 0.260 e. The number of aromatic hydroxyl groups is 1. The maximum atomic E-state index is 10.5. The Labute approximate surface area is 121 Å². The number of benzene rings is 1. The lowest BCUT2D eigenvalue weighted by atomic mass is 9.94. The van der Waals surface area contributed by atoms with Gasteiger partial charge in [-0.1, -0.05) is 5.16 Å². The van der Waals surface area contributed by atoms with Crippen LogP contribution in [0.25, 0.3) is 11.4 Å². The topological polar surface area (TPSA) is 101 Å². The molecule has 2 aromatic rings. The number of rotatable bonds is 3. The first-order valence-corrected chi connectivity index (χ1v) is 6.77. The van der Waals surface area contributed by atoms with Gasteiger partial charge in [-0.2, -0.15) is 4.98 Å². The number of nitrogens with one attached hydrogen (secondary N) is 1. The van der Waals surface area contributed by atoms with Crippen LogP contribution in [0.1, 0.15) is 18.7 Å². The molecule has 1 aliphatic heterocycles. The van der Waals surface area contributed by atoms with E-state index in [0.717, 1.165) is 13.0 Å². The van der Waals surface area contributed by atoms with E-state index in [1.165, 1.54) is 13.2 Å². The number of hydrogen-bond acceptors (Lipinski definition) is 7. The van der Waals surface area contributed by atoms with E-state index in [0.29, 0.717) is 30.1 Å². The number of methoxy groups -OCH3 is 1. The van der Waals surface area contributed by atoms with Crippen LogP contribution in [0.15, 0.2) is 22.7 Å². The molecular weight excluding hydrogens is 274 g/mol. The van der Waals surface area contributed by atoms with Gasteiger partial charge in [0.15, 0.2) is 17.1 Å². The zero-order chi connectivity index (χ0) is 14.9. The number of phenolic OH excluding ortho intramolecular Hbond substituents is 1. The molecule has 7 nitrogen and oxygen atoms in total. The van der Waals surface area contributed by atoms with Gasteiger partial charge in [0.1, 0.15) is 0 Å². The summed E-state index contributed by atoms with van der Waals surface area (Å²) < 4.78 is 10.3. The predicted molar refractivity (Wildman–Crippen MR) is 74.0 cm³/mol. The van der Waals surface area contributed by atoms with Gasteiger partial charge in [-0.3, -0.25) is 0 Å². The molecule has 1 fully saturated rings. The molecule has 0 saturated carbocycles. The molecule has 21 heavy (non-hydrogen) atoms.